The minimum Gasteiger partial charge on any atom is -0.481 e. The van der Waals surface area contributed by atoms with Crippen LogP contribution in [0.5, 0.6) is 0 Å². The van der Waals surface area contributed by atoms with Crippen molar-refractivity contribution < 1.29 is 14.7 Å². The maximum Gasteiger partial charge on any atom is 0.305 e. The van der Waals surface area contributed by atoms with E-state index in [9.17, 15) is 9.59 Å². The monoisotopic (exact) mass is 261 g/mol. The predicted molar refractivity (Wildman–Crippen MR) is 69.0 cm³/mol. The Bertz CT molecular complexity index is 606. The van der Waals surface area contributed by atoms with E-state index in [-0.39, 0.29) is 18.9 Å². The van der Waals surface area contributed by atoms with E-state index in [0.717, 1.165) is 5.52 Å². The highest BCUT2D eigenvalue weighted by atomic mass is 16.4. The lowest BCUT2D eigenvalue weighted by molar-refractivity contribution is -0.137. The maximum atomic E-state index is 12.3. The van der Waals surface area contributed by atoms with Gasteiger partial charge in [-0.25, -0.2) is 4.52 Å². The average Bonchev–Trinajstić information content (AvgIpc) is 2.82. The van der Waals surface area contributed by atoms with Gasteiger partial charge in [-0.05, 0) is 19.1 Å². The molecule has 2 heterocycles. The molecule has 0 aromatic carbocycles. The van der Waals surface area contributed by atoms with Gasteiger partial charge in [-0.15, -0.1) is 0 Å². The number of amides is 1. The minimum absolute atomic E-state index is 0.0568. The van der Waals surface area contributed by atoms with Crippen LogP contribution in [0.4, 0.5) is 0 Å². The fraction of sp³-hybridized carbons (Fsp3) is 0.308. The van der Waals surface area contributed by atoms with E-state index >= 15 is 0 Å². The van der Waals surface area contributed by atoms with Crippen molar-refractivity contribution in [1.82, 2.24) is 14.5 Å². The summed E-state index contributed by atoms with van der Waals surface area (Å²) in [6.45, 7) is 2.50. The van der Waals surface area contributed by atoms with Crippen LogP contribution in [-0.4, -0.2) is 44.6 Å². The van der Waals surface area contributed by atoms with E-state index in [4.69, 9.17) is 5.11 Å². The molecule has 6 heteroatoms. The highest BCUT2D eigenvalue weighted by molar-refractivity contribution is 6.00. The third-order valence-corrected chi connectivity index (χ3v) is 2.92. The molecule has 0 aliphatic rings. The number of fused-ring (bicyclic) bond motifs is 1. The number of carboxylic acid groups (broad SMARTS) is 1. The third kappa shape index (κ3) is 2.73. The summed E-state index contributed by atoms with van der Waals surface area (Å²) in [5, 5.41) is 12.8. The second kappa shape index (κ2) is 5.51. The molecule has 0 unspecified atom stereocenters. The Morgan fingerprint density at radius 1 is 1.42 bits per heavy atom. The first-order chi connectivity index (χ1) is 9.13. The van der Waals surface area contributed by atoms with Gasteiger partial charge in [0.05, 0.1) is 23.7 Å². The lowest BCUT2D eigenvalue weighted by Crippen LogP contribution is -2.32. The lowest BCUT2D eigenvalue weighted by Gasteiger charge is -2.19. The number of nitrogens with zero attached hydrogens (tertiary/aromatic N) is 3. The van der Waals surface area contributed by atoms with Crippen LogP contribution in [0.1, 0.15) is 23.7 Å². The van der Waals surface area contributed by atoms with Crippen molar-refractivity contribution in [2.75, 3.05) is 13.1 Å². The van der Waals surface area contributed by atoms with Gasteiger partial charge in [0, 0.05) is 19.3 Å². The molecule has 2 aromatic rings. The number of carbonyl (C=O) groups excluding carboxylic acids is 1. The van der Waals surface area contributed by atoms with Gasteiger partial charge in [0.25, 0.3) is 5.91 Å². The van der Waals surface area contributed by atoms with Gasteiger partial charge in [0.2, 0.25) is 0 Å². The first-order valence-corrected chi connectivity index (χ1v) is 6.07. The molecule has 0 radical (unpaired) electrons. The molecule has 0 saturated carbocycles. The van der Waals surface area contributed by atoms with Crippen LogP contribution in [0.15, 0.2) is 30.6 Å². The van der Waals surface area contributed by atoms with Gasteiger partial charge in [-0.3, -0.25) is 9.59 Å². The number of hydrogen-bond acceptors (Lipinski definition) is 3. The van der Waals surface area contributed by atoms with E-state index in [1.54, 1.807) is 10.7 Å². The van der Waals surface area contributed by atoms with Crippen molar-refractivity contribution >= 4 is 17.4 Å². The minimum atomic E-state index is -0.911. The number of aromatic nitrogens is 2. The van der Waals surface area contributed by atoms with E-state index in [0.29, 0.717) is 12.1 Å². The zero-order valence-corrected chi connectivity index (χ0v) is 10.6. The van der Waals surface area contributed by atoms with E-state index in [2.05, 4.69) is 5.10 Å². The molecule has 100 valence electrons. The number of pyridine rings is 1. The van der Waals surface area contributed by atoms with E-state index < -0.39 is 5.97 Å². The Balaban J connectivity index is 2.24. The van der Waals surface area contributed by atoms with Crippen LogP contribution in [0.3, 0.4) is 0 Å². The molecule has 0 bridgehead atoms. The Labute approximate surface area is 110 Å². The number of hydrogen-bond donors (Lipinski definition) is 1. The molecule has 19 heavy (non-hydrogen) atoms. The van der Waals surface area contributed by atoms with Crippen LogP contribution in [0.25, 0.3) is 5.52 Å². The largest absolute Gasteiger partial charge is 0.481 e. The van der Waals surface area contributed by atoms with Crippen molar-refractivity contribution in [2.24, 2.45) is 0 Å². The SMILES string of the molecule is CCN(CCC(=O)O)C(=O)c1cnn2ccccc12. The quantitative estimate of drug-likeness (QED) is 0.879. The van der Waals surface area contributed by atoms with Gasteiger partial charge in [-0.1, -0.05) is 6.07 Å². The smallest absolute Gasteiger partial charge is 0.305 e. The highest BCUT2D eigenvalue weighted by Crippen LogP contribution is 2.13. The Morgan fingerprint density at radius 2 is 2.21 bits per heavy atom. The first-order valence-electron chi connectivity index (χ1n) is 6.07. The molecule has 6 nitrogen and oxygen atoms in total. The maximum absolute atomic E-state index is 12.3. The Morgan fingerprint density at radius 3 is 2.89 bits per heavy atom. The molecule has 2 aromatic heterocycles. The van der Waals surface area contributed by atoms with Gasteiger partial charge in [0.1, 0.15) is 0 Å². The zero-order valence-electron chi connectivity index (χ0n) is 10.6. The van der Waals surface area contributed by atoms with Gasteiger partial charge in [-0.2, -0.15) is 5.10 Å². The third-order valence-electron chi connectivity index (χ3n) is 2.92. The van der Waals surface area contributed by atoms with E-state index in [1.807, 2.05) is 25.1 Å². The van der Waals surface area contributed by atoms with E-state index in [1.165, 1.54) is 11.1 Å². The fourth-order valence-electron chi connectivity index (χ4n) is 1.90. The summed E-state index contributed by atoms with van der Waals surface area (Å²) in [6.07, 6.45) is 3.22. The van der Waals surface area contributed by atoms with Gasteiger partial charge < -0.3 is 10.0 Å². The second-order valence-corrected chi connectivity index (χ2v) is 4.12. The normalized spacial score (nSPS) is 10.6. The topological polar surface area (TPSA) is 74.9 Å². The number of aliphatic carboxylic acids is 1. The summed E-state index contributed by atoms with van der Waals surface area (Å²) in [7, 11) is 0. The summed E-state index contributed by atoms with van der Waals surface area (Å²) in [4.78, 5) is 24.4. The summed E-state index contributed by atoms with van der Waals surface area (Å²) < 4.78 is 1.62. The molecule has 0 saturated heterocycles. The molecule has 0 aliphatic carbocycles. The molecule has 0 atom stereocenters. The molecule has 2 rings (SSSR count). The number of carboxylic acids is 1. The standard InChI is InChI=1S/C13H15N3O3/c1-2-15(8-6-12(17)18)13(19)10-9-14-16-7-4-3-5-11(10)16/h3-5,7,9H,2,6,8H2,1H3,(H,17,18). The highest BCUT2D eigenvalue weighted by Gasteiger charge is 2.18. The summed E-state index contributed by atoms with van der Waals surface area (Å²) in [5.41, 5.74) is 1.22. The molecule has 1 N–H and O–H groups in total. The van der Waals surface area contributed by atoms with Crippen molar-refractivity contribution in [3.8, 4) is 0 Å². The van der Waals surface area contributed by atoms with Crippen molar-refractivity contribution in [1.29, 1.82) is 0 Å². The van der Waals surface area contributed by atoms with Crippen molar-refractivity contribution in [2.45, 2.75) is 13.3 Å². The van der Waals surface area contributed by atoms with Crippen molar-refractivity contribution in [3.05, 3.63) is 36.2 Å². The first kappa shape index (κ1) is 13.1. The van der Waals surface area contributed by atoms with Crippen LogP contribution >= 0.6 is 0 Å². The van der Waals surface area contributed by atoms with Gasteiger partial charge in [0.15, 0.2) is 0 Å². The Kier molecular flexibility index (Phi) is 3.79. The van der Waals surface area contributed by atoms with Crippen molar-refractivity contribution in [3.63, 3.8) is 0 Å². The van der Waals surface area contributed by atoms with Crippen LogP contribution < -0.4 is 0 Å². The average molecular weight is 261 g/mol. The molecular formula is C13H15N3O3. The Hall–Kier alpha value is -2.37. The summed E-state index contributed by atoms with van der Waals surface area (Å²) >= 11 is 0. The van der Waals surface area contributed by atoms with Crippen LogP contribution in [0, 0.1) is 0 Å². The summed E-state index contributed by atoms with van der Waals surface area (Å²) in [6, 6.07) is 5.48. The number of carbonyl (C=O) groups is 2. The molecular weight excluding hydrogens is 246 g/mol. The molecule has 0 spiro atoms. The zero-order chi connectivity index (χ0) is 13.8. The molecule has 1 amide bonds. The van der Waals surface area contributed by atoms with Crippen LogP contribution in [0.2, 0.25) is 0 Å². The lowest BCUT2D eigenvalue weighted by atomic mass is 10.2. The number of rotatable bonds is 5. The summed E-state index contributed by atoms with van der Waals surface area (Å²) in [5.74, 6) is -1.10. The second-order valence-electron chi connectivity index (χ2n) is 4.12. The van der Waals surface area contributed by atoms with Gasteiger partial charge >= 0.3 is 5.97 Å². The molecule has 0 aliphatic heterocycles. The fourth-order valence-corrected chi connectivity index (χ4v) is 1.90. The van der Waals surface area contributed by atoms with Crippen LogP contribution in [-0.2, 0) is 4.79 Å². The predicted octanol–water partition coefficient (Wildman–Crippen LogP) is 1.27. The molecule has 0 fully saturated rings.